The van der Waals surface area contributed by atoms with Gasteiger partial charge in [0.1, 0.15) is 0 Å². The summed E-state index contributed by atoms with van der Waals surface area (Å²) in [7, 11) is 0. The van der Waals surface area contributed by atoms with E-state index >= 15 is 0 Å². The van der Waals surface area contributed by atoms with Crippen LogP contribution in [0.15, 0.2) is 11.0 Å². The van der Waals surface area contributed by atoms with Crippen LogP contribution in [0.4, 0.5) is 0 Å². The average molecular weight is 356 g/mol. The number of likely N-dealkylation sites (tertiary alicyclic amines) is 1. The maximum Gasteiger partial charge on any atom is 0.257 e. The number of nitrogens with zero attached hydrogens (tertiary/aromatic N) is 4. The number of aromatic amines is 1. The Bertz CT molecular complexity index is 915. The summed E-state index contributed by atoms with van der Waals surface area (Å²) < 4.78 is 1.55. The topological polar surface area (TPSA) is 110 Å². The van der Waals surface area contributed by atoms with E-state index in [-0.39, 0.29) is 23.6 Å². The van der Waals surface area contributed by atoms with Crippen molar-refractivity contribution in [3.05, 3.63) is 39.1 Å². The van der Waals surface area contributed by atoms with E-state index in [4.69, 9.17) is 5.73 Å². The summed E-state index contributed by atoms with van der Waals surface area (Å²) in [4.78, 5) is 34.5. The molecule has 4 rings (SSSR count). The number of nitrogens with two attached hydrogens (primary N) is 1. The van der Waals surface area contributed by atoms with Gasteiger partial charge in [-0.05, 0) is 46.0 Å². The molecule has 3 N–H and O–H groups in total. The fourth-order valence-corrected chi connectivity index (χ4v) is 4.03. The van der Waals surface area contributed by atoms with E-state index in [2.05, 4.69) is 15.1 Å². The molecular formula is C18H24N6O2. The number of aromatic nitrogens is 4. The maximum absolute atomic E-state index is 13.0. The molecule has 138 valence electrons. The van der Waals surface area contributed by atoms with Crippen molar-refractivity contribution in [3.8, 4) is 5.95 Å². The second-order valence-electron chi connectivity index (χ2n) is 7.36. The first-order valence-electron chi connectivity index (χ1n) is 9.19. The first kappa shape index (κ1) is 17.0. The van der Waals surface area contributed by atoms with E-state index in [9.17, 15) is 9.59 Å². The van der Waals surface area contributed by atoms with Crippen molar-refractivity contribution in [3.63, 3.8) is 0 Å². The van der Waals surface area contributed by atoms with Crippen LogP contribution in [0.5, 0.6) is 0 Å². The molecule has 8 nitrogen and oxygen atoms in total. The standard InChI is InChI=1S/C18H24N6O2/c1-10-8-12(19)6-7-23(10)17(26)14-9-20-24(11(14)2)18-21-15-5-3-4-13(15)16(25)22-18/h9-10,12H,3-8,19H2,1-2H3,(H,21,22,25)/t10-,12-/m1/s1. The van der Waals surface area contributed by atoms with Crippen LogP contribution in [0, 0.1) is 6.92 Å². The minimum Gasteiger partial charge on any atom is -0.336 e. The molecule has 2 atom stereocenters. The number of rotatable bonds is 2. The maximum atomic E-state index is 13.0. The van der Waals surface area contributed by atoms with Gasteiger partial charge >= 0.3 is 0 Å². The fourth-order valence-electron chi connectivity index (χ4n) is 4.03. The van der Waals surface area contributed by atoms with Gasteiger partial charge in [0.25, 0.3) is 11.5 Å². The van der Waals surface area contributed by atoms with Gasteiger partial charge in [-0.25, -0.2) is 9.67 Å². The molecule has 2 aromatic rings. The zero-order valence-electron chi connectivity index (χ0n) is 15.2. The minimum absolute atomic E-state index is 0.0448. The van der Waals surface area contributed by atoms with Crippen molar-refractivity contribution in [1.82, 2.24) is 24.6 Å². The summed E-state index contributed by atoms with van der Waals surface area (Å²) in [6.07, 6.45) is 5.71. The normalized spacial score (nSPS) is 22.5. The quantitative estimate of drug-likeness (QED) is 0.823. The van der Waals surface area contributed by atoms with E-state index in [1.54, 1.807) is 10.9 Å². The molecule has 1 saturated heterocycles. The predicted octanol–water partition coefficient (Wildman–Crippen LogP) is 0.705. The summed E-state index contributed by atoms with van der Waals surface area (Å²) in [5, 5.41) is 4.32. The molecule has 3 heterocycles. The van der Waals surface area contributed by atoms with E-state index in [0.717, 1.165) is 43.4 Å². The van der Waals surface area contributed by atoms with Crippen molar-refractivity contribution in [2.45, 2.75) is 58.0 Å². The van der Waals surface area contributed by atoms with Crippen LogP contribution in [-0.4, -0.2) is 49.2 Å². The predicted molar refractivity (Wildman–Crippen MR) is 96.4 cm³/mol. The molecule has 1 fully saturated rings. The summed E-state index contributed by atoms with van der Waals surface area (Å²) in [6.45, 7) is 4.50. The van der Waals surface area contributed by atoms with Gasteiger partial charge in [0.05, 0.1) is 23.1 Å². The Morgan fingerprint density at radius 2 is 2.19 bits per heavy atom. The third-order valence-corrected chi connectivity index (χ3v) is 5.55. The molecule has 0 bridgehead atoms. The van der Waals surface area contributed by atoms with Crippen molar-refractivity contribution in [2.75, 3.05) is 6.54 Å². The van der Waals surface area contributed by atoms with Crippen molar-refractivity contribution >= 4 is 5.91 Å². The zero-order valence-corrected chi connectivity index (χ0v) is 15.2. The number of H-pyrrole nitrogens is 1. The molecule has 2 aromatic heterocycles. The lowest BCUT2D eigenvalue weighted by Gasteiger charge is -2.36. The second kappa shape index (κ2) is 6.35. The summed E-state index contributed by atoms with van der Waals surface area (Å²) in [6, 6.07) is 0.255. The van der Waals surface area contributed by atoms with Gasteiger partial charge in [0.15, 0.2) is 0 Å². The SMILES string of the molecule is Cc1c(C(=O)N2CC[C@@H](N)C[C@H]2C)cnn1-c1nc2c(c(=O)[nH]1)CCC2. The lowest BCUT2D eigenvalue weighted by atomic mass is 9.98. The van der Waals surface area contributed by atoms with Crippen LogP contribution in [0.1, 0.15) is 53.5 Å². The molecule has 2 aliphatic rings. The van der Waals surface area contributed by atoms with Crippen LogP contribution in [0.2, 0.25) is 0 Å². The lowest BCUT2D eigenvalue weighted by Crippen LogP contribution is -2.48. The van der Waals surface area contributed by atoms with Gasteiger partial charge in [-0.2, -0.15) is 5.10 Å². The Morgan fingerprint density at radius 3 is 2.96 bits per heavy atom. The third-order valence-electron chi connectivity index (χ3n) is 5.55. The molecule has 26 heavy (non-hydrogen) atoms. The molecule has 0 spiro atoms. The highest BCUT2D eigenvalue weighted by Crippen LogP contribution is 2.22. The highest BCUT2D eigenvalue weighted by atomic mass is 16.2. The smallest absolute Gasteiger partial charge is 0.257 e. The van der Waals surface area contributed by atoms with Crippen LogP contribution in [0.3, 0.4) is 0 Å². The second-order valence-corrected chi connectivity index (χ2v) is 7.36. The number of nitrogens with one attached hydrogen (secondary N) is 1. The minimum atomic E-state index is -0.107. The molecule has 1 amide bonds. The van der Waals surface area contributed by atoms with Gasteiger partial charge in [-0.3, -0.25) is 14.6 Å². The van der Waals surface area contributed by atoms with Crippen molar-refractivity contribution < 1.29 is 4.79 Å². The number of fused-ring (bicyclic) bond motifs is 1. The Hall–Kier alpha value is -2.48. The number of piperidine rings is 1. The Morgan fingerprint density at radius 1 is 1.38 bits per heavy atom. The Balaban J connectivity index is 1.66. The summed E-state index contributed by atoms with van der Waals surface area (Å²) in [5.41, 5.74) is 8.72. The third kappa shape index (κ3) is 2.74. The van der Waals surface area contributed by atoms with E-state index in [1.807, 2.05) is 18.7 Å². The molecule has 0 saturated carbocycles. The molecule has 8 heteroatoms. The van der Waals surface area contributed by atoms with Crippen molar-refractivity contribution in [2.24, 2.45) is 5.73 Å². The van der Waals surface area contributed by atoms with Gasteiger partial charge in [0, 0.05) is 24.2 Å². The van der Waals surface area contributed by atoms with Crippen LogP contribution in [-0.2, 0) is 12.8 Å². The van der Waals surface area contributed by atoms with E-state index < -0.39 is 0 Å². The Kier molecular flexibility index (Phi) is 4.14. The van der Waals surface area contributed by atoms with Gasteiger partial charge < -0.3 is 10.6 Å². The van der Waals surface area contributed by atoms with E-state index in [0.29, 0.717) is 23.8 Å². The number of carbonyl (C=O) groups is 1. The monoisotopic (exact) mass is 356 g/mol. The molecule has 1 aliphatic heterocycles. The number of hydrogen-bond donors (Lipinski definition) is 2. The average Bonchev–Trinajstić information content (AvgIpc) is 3.21. The zero-order chi connectivity index (χ0) is 18.4. The van der Waals surface area contributed by atoms with Crippen LogP contribution in [0.25, 0.3) is 5.95 Å². The van der Waals surface area contributed by atoms with Gasteiger partial charge in [0.2, 0.25) is 5.95 Å². The van der Waals surface area contributed by atoms with Gasteiger partial charge in [-0.15, -0.1) is 0 Å². The molecule has 1 aliphatic carbocycles. The molecule has 0 radical (unpaired) electrons. The number of aryl methyl sites for hydroxylation is 1. The van der Waals surface area contributed by atoms with Gasteiger partial charge in [-0.1, -0.05) is 0 Å². The molecular weight excluding hydrogens is 332 g/mol. The summed E-state index contributed by atoms with van der Waals surface area (Å²) in [5.74, 6) is 0.331. The lowest BCUT2D eigenvalue weighted by molar-refractivity contribution is 0.0618. The van der Waals surface area contributed by atoms with Crippen LogP contribution >= 0.6 is 0 Å². The highest BCUT2D eigenvalue weighted by molar-refractivity contribution is 5.95. The largest absolute Gasteiger partial charge is 0.336 e. The highest BCUT2D eigenvalue weighted by Gasteiger charge is 2.30. The number of amides is 1. The number of carbonyl (C=O) groups excluding carboxylic acids is 1. The molecule has 0 aromatic carbocycles. The molecule has 0 unspecified atom stereocenters. The van der Waals surface area contributed by atoms with Crippen LogP contribution < -0.4 is 11.3 Å². The van der Waals surface area contributed by atoms with E-state index in [1.165, 1.54) is 0 Å². The first-order valence-corrected chi connectivity index (χ1v) is 9.19. The first-order chi connectivity index (χ1) is 12.5. The summed E-state index contributed by atoms with van der Waals surface area (Å²) >= 11 is 0. The van der Waals surface area contributed by atoms with Crippen molar-refractivity contribution in [1.29, 1.82) is 0 Å². The Labute approximate surface area is 151 Å². The fraction of sp³-hybridized carbons (Fsp3) is 0.556. The number of hydrogen-bond acceptors (Lipinski definition) is 5.